The van der Waals surface area contributed by atoms with Crippen molar-refractivity contribution in [2.45, 2.75) is 32.6 Å². The second kappa shape index (κ2) is 7.47. The van der Waals surface area contributed by atoms with Crippen molar-refractivity contribution in [2.75, 3.05) is 46.3 Å². The van der Waals surface area contributed by atoms with Crippen LogP contribution in [0.1, 0.15) is 47.7 Å². The predicted octanol–water partition coefficient (Wildman–Crippen LogP) is 0.899. The zero-order chi connectivity index (χ0) is 18.0. The summed E-state index contributed by atoms with van der Waals surface area (Å²) in [6.07, 6.45) is 2.13. The number of carbonyl (C=O) groups excluding carboxylic acids is 2. The summed E-state index contributed by atoms with van der Waals surface area (Å²) in [6, 6.07) is 1.88. The first-order valence-corrected chi connectivity index (χ1v) is 9.03. The van der Waals surface area contributed by atoms with E-state index in [-0.39, 0.29) is 11.8 Å². The van der Waals surface area contributed by atoms with Gasteiger partial charge in [0.2, 0.25) is 5.91 Å². The van der Waals surface area contributed by atoms with Gasteiger partial charge in [-0.1, -0.05) is 0 Å². The van der Waals surface area contributed by atoms with Gasteiger partial charge >= 0.3 is 0 Å². The topological polar surface area (TPSA) is 69.6 Å². The molecule has 7 heteroatoms. The lowest BCUT2D eigenvalue weighted by molar-refractivity contribution is -0.130. The number of hydrogen-bond acceptors (Lipinski definition) is 5. The maximum atomic E-state index is 12.8. The Morgan fingerprint density at radius 2 is 1.60 bits per heavy atom. The number of piperidine rings is 1. The van der Waals surface area contributed by atoms with Gasteiger partial charge in [0, 0.05) is 44.7 Å². The Labute approximate surface area is 149 Å². The molecule has 7 nitrogen and oxygen atoms in total. The third-order valence-corrected chi connectivity index (χ3v) is 5.23. The first kappa shape index (κ1) is 17.8. The summed E-state index contributed by atoms with van der Waals surface area (Å²) < 4.78 is 0. The Bertz CT molecular complexity index is 647. The molecule has 25 heavy (non-hydrogen) atoms. The van der Waals surface area contributed by atoms with Crippen LogP contribution in [0.3, 0.4) is 0 Å². The lowest BCUT2D eigenvalue weighted by Gasteiger charge is -2.34. The monoisotopic (exact) mass is 345 g/mol. The summed E-state index contributed by atoms with van der Waals surface area (Å²) in [4.78, 5) is 39.1. The van der Waals surface area contributed by atoms with Crippen molar-refractivity contribution >= 4 is 11.8 Å². The molecule has 0 aliphatic carbocycles. The Morgan fingerprint density at radius 3 is 2.20 bits per heavy atom. The Morgan fingerprint density at radius 1 is 1.00 bits per heavy atom. The number of piperazine rings is 1. The number of aryl methyl sites for hydroxylation is 1. The highest BCUT2D eigenvalue weighted by atomic mass is 16.2. The van der Waals surface area contributed by atoms with Crippen molar-refractivity contribution in [3.05, 3.63) is 23.3 Å². The van der Waals surface area contributed by atoms with Gasteiger partial charge in [0.05, 0.1) is 0 Å². The normalized spacial score (nSPS) is 20.0. The van der Waals surface area contributed by atoms with Gasteiger partial charge in [-0.25, -0.2) is 9.97 Å². The highest BCUT2D eigenvalue weighted by molar-refractivity contribution is 5.92. The van der Waals surface area contributed by atoms with Crippen molar-refractivity contribution in [3.63, 3.8) is 0 Å². The van der Waals surface area contributed by atoms with E-state index in [4.69, 9.17) is 0 Å². The molecule has 136 valence electrons. The average Bonchev–Trinajstić information content (AvgIpc) is 2.61. The van der Waals surface area contributed by atoms with E-state index < -0.39 is 0 Å². The number of carbonyl (C=O) groups is 2. The molecule has 2 amide bonds. The van der Waals surface area contributed by atoms with Gasteiger partial charge in [0.1, 0.15) is 11.5 Å². The van der Waals surface area contributed by atoms with E-state index in [9.17, 15) is 9.59 Å². The molecule has 0 atom stereocenters. The Kier molecular flexibility index (Phi) is 5.32. The van der Waals surface area contributed by atoms with Crippen LogP contribution >= 0.6 is 0 Å². The fraction of sp³-hybridized carbons (Fsp3) is 0.667. The van der Waals surface area contributed by atoms with Crippen LogP contribution in [0.25, 0.3) is 0 Å². The quantitative estimate of drug-likeness (QED) is 0.796. The molecular formula is C18H27N5O2. The fourth-order valence-electron chi connectivity index (χ4n) is 3.60. The van der Waals surface area contributed by atoms with Gasteiger partial charge in [-0.2, -0.15) is 0 Å². The van der Waals surface area contributed by atoms with E-state index in [0.29, 0.717) is 43.6 Å². The SMILES string of the molecule is CC(=O)N1CCN(C(=O)c2cc(C3CCN(C)CC3)nc(C)n2)CC1. The molecule has 0 radical (unpaired) electrons. The Balaban J connectivity index is 1.71. The molecule has 0 N–H and O–H groups in total. The van der Waals surface area contributed by atoms with Crippen LogP contribution in [0.5, 0.6) is 0 Å². The van der Waals surface area contributed by atoms with Crippen LogP contribution in [0, 0.1) is 6.92 Å². The summed E-state index contributed by atoms with van der Waals surface area (Å²) in [5.41, 5.74) is 1.48. The molecule has 2 aliphatic rings. The molecule has 0 bridgehead atoms. The smallest absolute Gasteiger partial charge is 0.272 e. The molecule has 0 unspecified atom stereocenters. The third-order valence-electron chi connectivity index (χ3n) is 5.23. The third kappa shape index (κ3) is 4.15. The lowest BCUT2D eigenvalue weighted by atomic mass is 9.93. The zero-order valence-electron chi connectivity index (χ0n) is 15.4. The van der Waals surface area contributed by atoms with Gasteiger partial charge in [-0.3, -0.25) is 9.59 Å². The number of rotatable bonds is 2. The van der Waals surface area contributed by atoms with Crippen LogP contribution < -0.4 is 0 Å². The summed E-state index contributed by atoms with van der Waals surface area (Å²) in [7, 11) is 2.14. The first-order valence-electron chi connectivity index (χ1n) is 9.03. The van der Waals surface area contributed by atoms with Crippen molar-refractivity contribution in [1.82, 2.24) is 24.7 Å². The number of hydrogen-bond donors (Lipinski definition) is 0. The number of aromatic nitrogens is 2. The van der Waals surface area contributed by atoms with Crippen molar-refractivity contribution in [2.24, 2.45) is 0 Å². The summed E-state index contributed by atoms with van der Waals surface area (Å²) >= 11 is 0. The molecule has 1 aromatic rings. The fourth-order valence-corrected chi connectivity index (χ4v) is 3.60. The maximum absolute atomic E-state index is 12.8. The maximum Gasteiger partial charge on any atom is 0.272 e. The number of amides is 2. The van der Waals surface area contributed by atoms with Crippen LogP contribution in [-0.2, 0) is 4.79 Å². The molecule has 0 aromatic carbocycles. The second-order valence-corrected chi connectivity index (χ2v) is 7.10. The second-order valence-electron chi connectivity index (χ2n) is 7.10. The molecule has 0 saturated carbocycles. The van der Waals surface area contributed by atoms with Gasteiger partial charge in [-0.05, 0) is 46.0 Å². The summed E-state index contributed by atoms with van der Waals surface area (Å²) in [5, 5.41) is 0. The molecule has 2 aliphatic heterocycles. The van der Waals surface area contributed by atoms with Crippen molar-refractivity contribution in [1.29, 1.82) is 0 Å². The molecule has 1 aromatic heterocycles. The van der Waals surface area contributed by atoms with E-state index in [2.05, 4.69) is 21.9 Å². The molecule has 0 spiro atoms. The zero-order valence-corrected chi connectivity index (χ0v) is 15.4. The highest BCUT2D eigenvalue weighted by Crippen LogP contribution is 2.26. The number of likely N-dealkylation sites (tertiary alicyclic amines) is 1. The summed E-state index contributed by atoms with van der Waals surface area (Å²) in [6.45, 7) is 7.84. The van der Waals surface area contributed by atoms with Crippen LogP contribution in [-0.4, -0.2) is 82.8 Å². The molecule has 2 fully saturated rings. The van der Waals surface area contributed by atoms with E-state index >= 15 is 0 Å². The molecule has 3 rings (SSSR count). The van der Waals surface area contributed by atoms with Gasteiger partial charge in [0.25, 0.3) is 5.91 Å². The minimum absolute atomic E-state index is 0.0529. The number of nitrogens with zero attached hydrogens (tertiary/aromatic N) is 5. The van der Waals surface area contributed by atoms with Gasteiger partial charge in [-0.15, -0.1) is 0 Å². The van der Waals surface area contributed by atoms with E-state index in [1.807, 2.05) is 13.0 Å². The molecule has 2 saturated heterocycles. The standard InChI is InChI=1S/C18H27N5O2/c1-13-19-16(15-4-6-21(3)7-5-15)12-17(20-13)18(25)23-10-8-22(9-11-23)14(2)24/h12,15H,4-11H2,1-3H3. The first-order chi connectivity index (χ1) is 11.9. The average molecular weight is 345 g/mol. The van der Waals surface area contributed by atoms with E-state index in [1.54, 1.807) is 16.7 Å². The largest absolute Gasteiger partial charge is 0.339 e. The highest BCUT2D eigenvalue weighted by Gasteiger charge is 2.26. The molecule has 3 heterocycles. The van der Waals surface area contributed by atoms with Gasteiger partial charge in [0.15, 0.2) is 0 Å². The van der Waals surface area contributed by atoms with E-state index in [0.717, 1.165) is 31.6 Å². The van der Waals surface area contributed by atoms with E-state index in [1.165, 1.54) is 0 Å². The van der Waals surface area contributed by atoms with Crippen molar-refractivity contribution in [3.8, 4) is 0 Å². The lowest BCUT2D eigenvalue weighted by Crippen LogP contribution is -2.50. The van der Waals surface area contributed by atoms with Crippen LogP contribution in [0.15, 0.2) is 6.07 Å². The minimum atomic E-state index is -0.0529. The van der Waals surface area contributed by atoms with Crippen molar-refractivity contribution < 1.29 is 9.59 Å². The predicted molar refractivity (Wildman–Crippen MR) is 94.4 cm³/mol. The van der Waals surface area contributed by atoms with Gasteiger partial charge < -0.3 is 14.7 Å². The van der Waals surface area contributed by atoms with Crippen LogP contribution in [0.4, 0.5) is 0 Å². The minimum Gasteiger partial charge on any atom is -0.339 e. The molecular weight excluding hydrogens is 318 g/mol. The van der Waals surface area contributed by atoms with Crippen LogP contribution in [0.2, 0.25) is 0 Å². The summed E-state index contributed by atoms with van der Waals surface area (Å²) in [5.74, 6) is 1.07. The Hall–Kier alpha value is -2.02.